The van der Waals surface area contributed by atoms with Gasteiger partial charge in [0.1, 0.15) is 5.75 Å². The van der Waals surface area contributed by atoms with Gasteiger partial charge in [-0.1, -0.05) is 13.3 Å². The van der Waals surface area contributed by atoms with E-state index >= 15 is 0 Å². The molecule has 2 aromatic rings. The molecule has 0 spiro atoms. The number of anilines is 2. The summed E-state index contributed by atoms with van der Waals surface area (Å²) in [4.78, 5) is 16.4. The molecule has 0 atom stereocenters. The molecular weight excluding hydrogens is 290 g/mol. The molecule has 5 nitrogen and oxygen atoms in total. The fraction of sp³-hybridized carbons (Fsp3) is 0.333. The summed E-state index contributed by atoms with van der Waals surface area (Å²) in [7, 11) is 0. The van der Waals surface area contributed by atoms with E-state index in [0.29, 0.717) is 12.2 Å². The number of hydrogen-bond acceptors (Lipinski definition) is 4. The lowest BCUT2D eigenvalue weighted by molar-refractivity contribution is 0.102. The van der Waals surface area contributed by atoms with Crippen LogP contribution >= 0.6 is 0 Å². The zero-order valence-corrected chi connectivity index (χ0v) is 13.6. The number of hydrogen-bond donors (Lipinski definition) is 2. The number of nitrogens with one attached hydrogen (secondary N) is 2. The van der Waals surface area contributed by atoms with E-state index in [2.05, 4.69) is 22.5 Å². The van der Waals surface area contributed by atoms with Crippen LogP contribution < -0.4 is 15.4 Å². The summed E-state index contributed by atoms with van der Waals surface area (Å²) < 4.78 is 5.38. The van der Waals surface area contributed by atoms with E-state index in [0.717, 1.165) is 36.5 Å². The van der Waals surface area contributed by atoms with Crippen LogP contribution in [-0.4, -0.2) is 24.0 Å². The van der Waals surface area contributed by atoms with Gasteiger partial charge in [-0.3, -0.25) is 9.78 Å². The van der Waals surface area contributed by atoms with Gasteiger partial charge in [-0.15, -0.1) is 0 Å². The number of aromatic nitrogens is 1. The normalized spacial score (nSPS) is 10.2. The maximum absolute atomic E-state index is 12.3. The van der Waals surface area contributed by atoms with Gasteiger partial charge in [0.2, 0.25) is 0 Å². The van der Waals surface area contributed by atoms with Crippen molar-refractivity contribution in [1.82, 2.24) is 4.98 Å². The Balaban J connectivity index is 1.98. The number of ether oxygens (including phenoxy) is 1. The minimum absolute atomic E-state index is 0.180. The Morgan fingerprint density at radius 2 is 1.91 bits per heavy atom. The van der Waals surface area contributed by atoms with Crippen molar-refractivity contribution in [3.8, 4) is 5.75 Å². The third kappa shape index (κ3) is 5.29. The van der Waals surface area contributed by atoms with Gasteiger partial charge in [-0.25, -0.2) is 0 Å². The lowest BCUT2D eigenvalue weighted by atomic mass is 10.2. The Bertz CT molecular complexity index is 626. The predicted octanol–water partition coefficient (Wildman–Crippen LogP) is 3.94. The number of unbranched alkanes of at least 4 members (excludes halogenated alkanes) is 1. The summed E-state index contributed by atoms with van der Waals surface area (Å²) in [6, 6.07) is 9.12. The molecule has 1 heterocycles. The zero-order valence-electron chi connectivity index (χ0n) is 13.6. The third-order valence-corrected chi connectivity index (χ3v) is 3.28. The lowest BCUT2D eigenvalue weighted by Gasteiger charge is -2.09. The molecule has 0 aliphatic heterocycles. The van der Waals surface area contributed by atoms with Crippen molar-refractivity contribution >= 4 is 17.3 Å². The molecule has 0 radical (unpaired) electrons. The molecule has 0 bridgehead atoms. The molecular formula is C18H23N3O2. The van der Waals surface area contributed by atoms with Gasteiger partial charge in [-0.2, -0.15) is 0 Å². The first kappa shape index (κ1) is 16.8. The van der Waals surface area contributed by atoms with E-state index in [1.165, 1.54) is 0 Å². The maximum Gasteiger partial charge on any atom is 0.257 e. The molecule has 2 N–H and O–H groups in total. The van der Waals surface area contributed by atoms with E-state index in [4.69, 9.17) is 4.74 Å². The Labute approximate surface area is 137 Å². The first-order valence-corrected chi connectivity index (χ1v) is 7.96. The average Bonchev–Trinajstić information content (AvgIpc) is 2.57. The number of carbonyl (C=O) groups is 1. The van der Waals surface area contributed by atoms with Crippen molar-refractivity contribution in [2.45, 2.75) is 26.7 Å². The molecule has 0 aliphatic carbocycles. The van der Waals surface area contributed by atoms with Crippen LogP contribution in [0.25, 0.3) is 0 Å². The van der Waals surface area contributed by atoms with Crippen molar-refractivity contribution < 1.29 is 9.53 Å². The standard InChI is InChI=1S/C18H23N3O2/c1-3-5-10-20-16-11-14(12-19-13-16)18(22)21-15-6-8-17(9-7-15)23-4-2/h6-9,11-13,20H,3-5,10H2,1-2H3,(H,21,22). The molecule has 0 aliphatic rings. The van der Waals surface area contributed by atoms with Crippen LogP contribution in [0.4, 0.5) is 11.4 Å². The topological polar surface area (TPSA) is 63.2 Å². The highest BCUT2D eigenvalue weighted by Crippen LogP contribution is 2.17. The second-order valence-electron chi connectivity index (χ2n) is 5.15. The van der Waals surface area contributed by atoms with Crippen LogP contribution in [0.5, 0.6) is 5.75 Å². The van der Waals surface area contributed by atoms with E-state index in [1.807, 2.05) is 37.3 Å². The summed E-state index contributed by atoms with van der Waals surface area (Å²) >= 11 is 0. The minimum Gasteiger partial charge on any atom is -0.494 e. The number of carbonyl (C=O) groups excluding carboxylic acids is 1. The van der Waals surface area contributed by atoms with Gasteiger partial charge >= 0.3 is 0 Å². The van der Waals surface area contributed by atoms with Crippen LogP contribution in [0.3, 0.4) is 0 Å². The van der Waals surface area contributed by atoms with Crippen molar-refractivity contribution in [2.75, 3.05) is 23.8 Å². The lowest BCUT2D eigenvalue weighted by Crippen LogP contribution is -2.13. The van der Waals surface area contributed by atoms with Gasteiger partial charge in [0, 0.05) is 24.6 Å². The molecule has 2 rings (SSSR count). The van der Waals surface area contributed by atoms with E-state index in [-0.39, 0.29) is 5.91 Å². The first-order valence-electron chi connectivity index (χ1n) is 7.96. The summed E-state index contributed by atoms with van der Waals surface area (Å²) in [5.41, 5.74) is 2.11. The maximum atomic E-state index is 12.3. The largest absolute Gasteiger partial charge is 0.494 e. The van der Waals surface area contributed by atoms with Crippen molar-refractivity contribution in [1.29, 1.82) is 0 Å². The summed E-state index contributed by atoms with van der Waals surface area (Å²) in [5, 5.41) is 6.13. The molecule has 5 heteroatoms. The Morgan fingerprint density at radius 3 is 2.61 bits per heavy atom. The SMILES string of the molecule is CCCCNc1cncc(C(=O)Nc2ccc(OCC)cc2)c1. The zero-order chi connectivity index (χ0) is 16.5. The van der Waals surface area contributed by atoms with Crippen molar-refractivity contribution in [3.05, 3.63) is 48.3 Å². The quantitative estimate of drug-likeness (QED) is 0.724. The molecule has 0 saturated heterocycles. The van der Waals surface area contributed by atoms with Gasteiger partial charge in [0.05, 0.1) is 17.9 Å². The molecule has 0 unspecified atom stereocenters. The molecule has 1 aromatic carbocycles. The highest BCUT2D eigenvalue weighted by atomic mass is 16.5. The van der Waals surface area contributed by atoms with Gasteiger partial charge < -0.3 is 15.4 Å². The predicted molar refractivity (Wildman–Crippen MR) is 93.2 cm³/mol. The smallest absolute Gasteiger partial charge is 0.257 e. The second kappa shape index (κ2) is 8.78. The average molecular weight is 313 g/mol. The van der Waals surface area contributed by atoms with E-state index in [1.54, 1.807) is 12.4 Å². The minimum atomic E-state index is -0.180. The molecule has 0 fully saturated rings. The number of benzene rings is 1. The van der Waals surface area contributed by atoms with Crippen LogP contribution in [0.2, 0.25) is 0 Å². The molecule has 122 valence electrons. The van der Waals surface area contributed by atoms with Crippen LogP contribution in [0, 0.1) is 0 Å². The third-order valence-electron chi connectivity index (χ3n) is 3.28. The van der Waals surface area contributed by atoms with Gasteiger partial charge in [0.15, 0.2) is 0 Å². The van der Waals surface area contributed by atoms with Crippen LogP contribution in [0.1, 0.15) is 37.0 Å². The molecule has 23 heavy (non-hydrogen) atoms. The highest BCUT2D eigenvalue weighted by molar-refractivity contribution is 6.04. The van der Waals surface area contributed by atoms with Crippen molar-refractivity contribution in [3.63, 3.8) is 0 Å². The Kier molecular flexibility index (Phi) is 6.41. The molecule has 1 amide bonds. The number of rotatable bonds is 8. The van der Waals surface area contributed by atoms with E-state index in [9.17, 15) is 4.79 Å². The Morgan fingerprint density at radius 1 is 1.13 bits per heavy atom. The van der Waals surface area contributed by atoms with Crippen LogP contribution in [-0.2, 0) is 0 Å². The van der Waals surface area contributed by atoms with Crippen molar-refractivity contribution in [2.24, 2.45) is 0 Å². The fourth-order valence-electron chi connectivity index (χ4n) is 2.07. The molecule has 0 saturated carbocycles. The second-order valence-corrected chi connectivity index (χ2v) is 5.15. The first-order chi connectivity index (χ1) is 11.2. The summed E-state index contributed by atoms with van der Waals surface area (Å²) in [6.45, 7) is 5.57. The number of nitrogens with zero attached hydrogens (tertiary/aromatic N) is 1. The number of pyridine rings is 1. The van der Waals surface area contributed by atoms with E-state index < -0.39 is 0 Å². The summed E-state index contributed by atoms with van der Waals surface area (Å²) in [5.74, 6) is 0.607. The monoisotopic (exact) mass is 313 g/mol. The number of amides is 1. The molecule has 1 aromatic heterocycles. The Hall–Kier alpha value is -2.56. The van der Waals surface area contributed by atoms with Crippen LogP contribution in [0.15, 0.2) is 42.7 Å². The highest BCUT2D eigenvalue weighted by Gasteiger charge is 2.07. The van der Waals surface area contributed by atoms with Gasteiger partial charge in [0.25, 0.3) is 5.91 Å². The van der Waals surface area contributed by atoms with Gasteiger partial charge in [-0.05, 0) is 43.7 Å². The summed E-state index contributed by atoms with van der Waals surface area (Å²) in [6.07, 6.45) is 5.50. The fourth-order valence-corrected chi connectivity index (χ4v) is 2.07.